The standard InChI is InChI=1S/C12H16ClO4P/c1-3-16-18(15,17-4-2)8-7-10-9-11(13)5-6-12(10)14/h5-9,14H,3-4H2,1-2H3. The quantitative estimate of drug-likeness (QED) is 0.794. The Morgan fingerprint density at radius 3 is 2.50 bits per heavy atom. The molecule has 0 aromatic heterocycles. The van der Waals surface area contributed by atoms with Crippen molar-refractivity contribution in [3.8, 4) is 5.75 Å². The largest absolute Gasteiger partial charge is 0.507 e. The van der Waals surface area contributed by atoms with Gasteiger partial charge in [-0.25, -0.2) is 0 Å². The fraction of sp³-hybridized carbons (Fsp3) is 0.333. The van der Waals surface area contributed by atoms with Gasteiger partial charge in [-0.3, -0.25) is 4.57 Å². The molecule has 4 nitrogen and oxygen atoms in total. The predicted octanol–water partition coefficient (Wildman–Crippen LogP) is 4.28. The molecule has 0 fully saturated rings. The molecule has 0 spiro atoms. The first-order valence-electron chi connectivity index (χ1n) is 5.57. The van der Waals surface area contributed by atoms with Crippen LogP contribution in [0.5, 0.6) is 5.75 Å². The molecule has 0 amide bonds. The normalized spacial score (nSPS) is 12.2. The minimum Gasteiger partial charge on any atom is -0.507 e. The number of benzene rings is 1. The van der Waals surface area contributed by atoms with Crippen LogP contribution in [0.1, 0.15) is 19.4 Å². The molecule has 1 aromatic rings. The number of aromatic hydroxyl groups is 1. The summed E-state index contributed by atoms with van der Waals surface area (Å²) in [7, 11) is -3.25. The van der Waals surface area contributed by atoms with Gasteiger partial charge in [-0.15, -0.1) is 0 Å². The monoisotopic (exact) mass is 290 g/mol. The van der Waals surface area contributed by atoms with Gasteiger partial charge in [0.15, 0.2) is 0 Å². The summed E-state index contributed by atoms with van der Waals surface area (Å²) in [6.07, 6.45) is 1.48. The summed E-state index contributed by atoms with van der Waals surface area (Å²) in [5.74, 6) is 1.38. The highest BCUT2D eigenvalue weighted by atomic mass is 35.5. The molecule has 0 aliphatic rings. The average molecular weight is 291 g/mol. The maximum absolute atomic E-state index is 12.1. The Bertz CT molecular complexity index is 463. The van der Waals surface area contributed by atoms with Gasteiger partial charge in [0, 0.05) is 16.4 Å². The molecule has 1 N–H and O–H groups in total. The molecule has 0 aliphatic carbocycles. The van der Waals surface area contributed by atoms with Crippen molar-refractivity contribution in [1.29, 1.82) is 0 Å². The summed E-state index contributed by atoms with van der Waals surface area (Å²) in [6.45, 7) is 4.03. The third-order valence-electron chi connectivity index (χ3n) is 2.04. The minimum absolute atomic E-state index is 0.0511. The van der Waals surface area contributed by atoms with Gasteiger partial charge < -0.3 is 14.2 Å². The van der Waals surface area contributed by atoms with Crippen LogP contribution >= 0.6 is 19.2 Å². The van der Waals surface area contributed by atoms with Crippen LogP contribution in [0.2, 0.25) is 5.02 Å². The zero-order valence-electron chi connectivity index (χ0n) is 10.3. The summed E-state index contributed by atoms with van der Waals surface area (Å²) in [4.78, 5) is 0. The maximum Gasteiger partial charge on any atom is 0.354 e. The van der Waals surface area contributed by atoms with E-state index in [1.165, 1.54) is 18.0 Å². The van der Waals surface area contributed by atoms with E-state index in [9.17, 15) is 9.67 Å². The van der Waals surface area contributed by atoms with Crippen molar-refractivity contribution in [3.63, 3.8) is 0 Å². The highest BCUT2D eigenvalue weighted by molar-refractivity contribution is 7.57. The van der Waals surface area contributed by atoms with E-state index < -0.39 is 7.60 Å². The molecule has 0 radical (unpaired) electrons. The number of rotatable bonds is 6. The van der Waals surface area contributed by atoms with Crippen LogP contribution in [-0.4, -0.2) is 18.3 Å². The third kappa shape index (κ3) is 4.46. The van der Waals surface area contributed by atoms with Gasteiger partial charge in [0.1, 0.15) is 5.75 Å². The second-order valence-electron chi connectivity index (χ2n) is 3.39. The van der Waals surface area contributed by atoms with Crippen molar-refractivity contribution in [1.82, 2.24) is 0 Å². The smallest absolute Gasteiger partial charge is 0.354 e. The highest BCUT2D eigenvalue weighted by Crippen LogP contribution is 2.50. The minimum atomic E-state index is -3.25. The van der Waals surface area contributed by atoms with Gasteiger partial charge in [-0.1, -0.05) is 11.6 Å². The first-order chi connectivity index (χ1) is 8.50. The number of hydrogen-bond donors (Lipinski definition) is 1. The number of phenols is 1. The lowest BCUT2D eigenvalue weighted by molar-refractivity contribution is 0.229. The molecular formula is C12H16ClO4P. The molecular weight excluding hydrogens is 275 g/mol. The second kappa shape index (κ2) is 6.95. The Kier molecular flexibility index (Phi) is 5.89. The molecule has 0 atom stereocenters. The summed E-state index contributed by atoms with van der Waals surface area (Å²) >= 11 is 5.81. The molecule has 0 bridgehead atoms. The van der Waals surface area contributed by atoms with Crippen LogP contribution in [-0.2, 0) is 13.6 Å². The van der Waals surface area contributed by atoms with Crippen LogP contribution in [0.4, 0.5) is 0 Å². The Morgan fingerprint density at radius 2 is 1.94 bits per heavy atom. The summed E-state index contributed by atoms with van der Waals surface area (Å²) in [5, 5.41) is 10.1. The van der Waals surface area contributed by atoms with Gasteiger partial charge in [-0.2, -0.15) is 0 Å². The summed E-state index contributed by atoms with van der Waals surface area (Å²) < 4.78 is 22.3. The zero-order chi connectivity index (χ0) is 13.6. The van der Waals surface area contributed by atoms with E-state index in [-0.39, 0.29) is 19.0 Å². The van der Waals surface area contributed by atoms with Gasteiger partial charge in [0.05, 0.1) is 13.2 Å². The Labute approximate surface area is 112 Å². The zero-order valence-corrected chi connectivity index (χ0v) is 11.9. The predicted molar refractivity (Wildman–Crippen MR) is 73.0 cm³/mol. The molecule has 0 heterocycles. The van der Waals surface area contributed by atoms with Gasteiger partial charge in [0.2, 0.25) is 0 Å². The van der Waals surface area contributed by atoms with Crippen molar-refractivity contribution in [2.75, 3.05) is 13.2 Å². The van der Waals surface area contributed by atoms with E-state index in [4.69, 9.17) is 20.6 Å². The molecule has 6 heteroatoms. The van der Waals surface area contributed by atoms with Crippen LogP contribution in [0.3, 0.4) is 0 Å². The van der Waals surface area contributed by atoms with Crippen molar-refractivity contribution >= 4 is 25.3 Å². The van der Waals surface area contributed by atoms with Crippen molar-refractivity contribution < 1.29 is 18.7 Å². The first-order valence-corrected chi connectivity index (χ1v) is 7.56. The van der Waals surface area contributed by atoms with Crippen LogP contribution in [0, 0.1) is 0 Å². The molecule has 18 heavy (non-hydrogen) atoms. The Hall–Kier alpha value is -0.800. The molecule has 1 aromatic carbocycles. The number of hydrogen-bond acceptors (Lipinski definition) is 4. The SMILES string of the molecule is CCOP(=O)(C=Cc1cc(Cl)ccc1O)OCC. The summed E-state index contributed by atoms with van der Waals surface area (Å²) in [6, 6.07) is 4.60. The fourth-order valence-corrected chi connectivity index (χ4v) is 2.80. The van der Waals surface area contributed by atoms with Crippen LogP contribution in [0.15, 0.2) is 24.0 Å². The topological polar surface area (TPSA) is 55.8 Å². The molecule has 0 saturated carbocycles. The molecule has 0 unspecified atom stereocenters. The summed E-state index contributed by atoms with van der Waals surface area (Å²) in [5.41, 5.74) is 0.460. The number of halogens is 1. The van der Waals surface area contributed by atoms with E-state index in [1.807, 2.05) is 0 Å². The lowest BCUT2D eigenvalue weighted by Crippen LogP contribution is -1.92. The Morgan fingerprint density at radius 1 is 1.33 bits per heavy atom. The van der Waals surface area contributed by atoms with Crippen LogP contribution < -0.4 is 0 Å². The number of phenolic OH excluding ortho intramolecular Hbond substituents is 1. The van der Waals surface area contributed by atoms with E-state index in [0.717, 1.165) is 0 Å². The van der Waals surface area contributed by atoms with Crippen molar-refractivity contribution in [2.24, 2.45) is 0 Å². The highest BCUT2D eigenvalue weighted by Gasteiger charge is 2.18. The van der Waals surface area contributed by atoms with Crippen molar-refractivity contribution in [3.05, 3.63) is 34.6 Å². The van der Waals surface area contributed by atoms with E-state index in [2.05, 4.69) is 0 Å². The maximum atomic E-state index is 12.1. The molecule has 100 valence electrons. The second-order valence-corrected chi connectivity index (χ2v) is 5.72. The molecule has 0 aliphatic heterocycles. The van der Waals surface area contributed by atoms with E-state index in [1.54, 1.807) is 26.0 Å². The van der Waals surface area contributed by atoms with Crippen molar-refractivity contribution in [2.45, 2.75) is 13.8 Å². The molecule has 1 rings (SSSR count). The third-order valence-corrected chi connectivity index (χ3v) is 4.03. The molecule has 0 saturated heterocycles. The van der Waals surface area contributed by atoms with Gasteiger partial charge >= 0.3 is 7.60 Å². The first kappa shape index (κ1) is 15.3. The van der Waals surface area contributed by atoms with Gasteiger partial charge in [-0.05, 0) is 38.1 Å². The van der Waals surface area contributed by atoms with E-state index in [0.29, 0.717) is 10.6 Å². The van der Waals surface area contributed by atoms with Crippen LogP contribution in [0.25, 0.3) is 6.08 Å². The lowest BCUT2D eigenvalue weighted by atomic mass is 10.2. The Balaban J connectivity index is 2.95. The van der Waals surface area contributed by atoms with Gasteiger partial charge in [0.25, 0.3) is 0 Å². The lowest BCUT2D eigenvalue weighted by Gasteiger charge is -2.12. The fourth-order valence-electron chi connectivity index (χ4n) is 1.31. The van der Waals surface area contributed by atoms with E-state index >= 15 is 0 Å². The average Bonchev–Trinajstić information content (AvgIpc) is 2.31.